The number of imide groups is 1. The molecule has 8 heteroatoms. The third-order valence-corrected chi connectivity index (χ3v) is 9.18. The van der Waals surface area contributed by atoms with Crippen LogP contribution in [-0.4, -0.2) is 41.7 Å². The standard InChI is InChI=1S/C24H32N2O5S/c1-5-31-21(29)18-14-8-6-7-9-16(14)32-19(18)25-17(27)11-13-26-20(28)15-10-12-24(4,22(26)30)23(15,2)3/h15H,5-13H2,1-4H3,(H,25,27). The Morgan fingerprint density at radius 3 is 2.62 bits per heavy atom. The van der Waals surface area contributed by atoms with E-state index in [1.807, 2.05) is 20.8 Å². The smallest absolute Gasteiger partial charge is 0.341 e. The van der Waals surface area contributed by atoms with Crippen molar-refractivity contribution in [3.05, 3.63) is 16.0 Å². The van der Waals surface area contributed by atoms with Crippen LogP contribution in [0.3, 0.4) is 0 Å². The minimum atomic E-state index is -0.577. The van der Waals surface area contributed by atoms with Crippen LogP contribution in [0.2, 0.25) is 0 Å². The number of rotatable bonds is 6. The van der Waals surface area contributed by atoms with Gasteiger partial charge in [-0.15, -0.1) is 11.3 Å². The number of nitrogens with zero attached hydrogens (tertiary/aromatic N) is 1. The normalized spacial score (nSPS) is 26.1. The van der Waals surface area contributed by atoms with Crippen LogP contribution in [0.15, 0.2) is 0 Å². The summed E-state index contributed by atoms with van der Waals surface area (Å²) >= 11 is 1.44. The molecule has 2 unspecified atom stereocenters. The zero-order chi connectivity index (χ0) is 23.3. The van der Waals surface area contributed by atoms with Crippen molar-refractivity contribution >= 4 is 40.0 Å². The molecule has 1 aromatic heterocycles. The number of ether oxygens (including phenoxy) is 1. The number of aryl methyl sites for hydroxylation is 1. The first-order chi connectivity index (χ1) is 15.1. The Hall–Kier alpha value is -2.22. The first-order valence-electron chi connectivity index (χ1n) is 11.6. The molecule has 2 aliphatic carbocycles. The molecule has 1 aliphatic heterocycles. The number of amides is 3. The van der Waals surface area contributed by atoms with E-state index < -0.39 is 11.4 Å². The lowest BCUT2D eigenvalue weighted by atomic mass is 9.62. The summed E-state index contributed by atoms with van der Waals surface area (Å²) in [6, 6.07) is 0. The van der Waals surface area contributed by atoms with Gasteiger partial charge in [0.25, 0.3) is 0 Å². The van der Waals surface area contributed by atoms with Gasteiger partial charge in [0, 0.05) is 23.8 Å². The lowest BCUT2D eigenvalue weighted by molar-refractivity contribution is -0.167. The van der Waals surface area contributed by atoms with Gasteiger partial charge in [0.15, 0.2) is 0 Å². The van der Waals surface area contributed by atoms with E-state index in [1.54, 1.807) is 6.92 Å². The highest BCUT2D eigenvalue weighted by atomic mass is 32.1. The van der Waals surface area contributed by atoms with E-state index in [0.717, 1.165) is 36.1 Å². The van der Waals surface area contributed by atoms with Gasteiger partial charge in [-0.05, 0) is 56.4 Å². The molecule has 1 saturated heterocycles. The lowest BCUT2D eigenvalue weighted by Gasteiger charge is -2.47. The van der Waals surface area contributed by atoms with Gasteiger partial charge in [0.2, 0.25) is 17.7 Å². The van der Waals surface area contributed by atoms with Crippen molar-refractivity contribution in [2.45, 2.75) is 72.6 Å². The Morgan fingerprint density at radius 2 is 1.91 bits per heavy atom. The van der Waals surface area contributed by atoms with Crippen molar-refractivity contribution in [3.8, 4) is 0 Å². The number of carbonyl (C=O) groups is 4. The van der Waals surface area contributed by atoms with Crippen molar-refractivity contribution < 1.29 is 23.9 Å². The number of hydrogen-bond acceptors (Lipinski definition) is 6. The molecule has 174 valence electrons. The SMILES string of the molecule is CCOC(=O)c1c(NC(=O)CCN2C(=O)C3CCC(C)(C2=O)C3(C)C)sc2c1CCCC2. The second kappa shape index (κ2) is 8.28. The Balaban J connectivity index is 1.47. The maximum absolute atomic E-state index is 13.2. The molecule has 32 heavy (non-hydrogen) atoms. The first-order valence-corrected chi connectivity index (χ1v) is 12.4. The summed E-state index contributed by atoms with van der Waals surface area (Å²) in [5.74, 6) is -1.24. The zero-order valence-electron chi connectivity index (χ0n) is 19.3. The molecule has 0 aromatic carbocycles. The van der Waals surface area contributed by atoms with Gasteiger partial charge in [-0.3, -0.25) is 19.3 Å². The number of likely N-dealkylation sites (tertiary alicyclic amines) is 1. The number of nitrogens with one attached hydrogen (secondary N) is 1. The summed E-state index contributed by atoms with van der Waals surface area (Å²) in [6.07, 6.45) is 5.20. The largest absolute Gasteiger partial charge is 0.462 e. The summed E-state index contributed by atoms with van der Waals surface area (Å²) in [7, 11) is 0. The topological polar surface area (TPSA) is 92.8 Å². The monoisotopic (exact) mass is 460 g/mol. The van der Waals surface area contributed by atoms with E-state index >= 15 is 0 Å². The Bertz CT molecular complexity index is 981. The van der Waals surface area contributed by atoms with E-state index in [2.05, 4.69) is 5.32 Å². The number of fused-ring (bicyclic) bond motifs is 3. The Kier molecular flexibility index (Phi) is 5.94. The van der Waals surface area contributed by atoms with E-state index in [-0.39, 0.29) is 48.6 Å². The molecule has 0 radical (unpaired) electrons. The zero-order valence-corrected chi connectivity index (χ0v) is 20.2. The van der Waals surface area contributed by atoms with Crippen LogP contribution >= 0.6 is 11.3 Å². The van der Waals surface area contributed by atoms with Gasteiger partial charge in [-0.2, -0.15) is 0 Å². The summed E-state index contributed by atoms with van der Waals surface area (Å²) in [5.41, 5.74) is 0.511. The van der Waals surface area contributed by atoms with Gasteiger partial charge in [0.1, 0.15) is 5.00 Å². The summed E-state index contributed by atoms with van der Waals surface area (Å²) in [6.45, 7) is 8.03. The van der Waals surface area contributed by atoms with Crippen LogP contribution in [0, 0.1) is 16.7 Å². The minimum Gasteiger partial charge on any atom is -0.462 e. The molecule has 3 aliphatic rings. The third kappa shape index (κ3) is 3.47. The van der Waals surface area contributed by atoms with Gasteiger partial charge >= 0.3 is 5.97 Å². The quantitative estimate of drug-likeness (QED) is 0.513. The molecule has 2 heterocycles. The van der Waals surface area contributed by atoms with Gasteiger partial charge in [-0.25, -0.2) is 4.79 Å². The Morgan fingerprint density at radius 1 is 1.19 bits per heavy atom. The highest BCUT2D eigenvalue weighted by Crippen LogP contribution is 2.60. The summed E-state index contributed by atoms with van der Waals surface area (Å²) in [5, 5.41) is 3.39. The number of anilines is 1. The lowest BCUT2D eigenvalue weighted by Crippen LogP contribution is -2.59. The van der Waals surface area contributed by atoms with E-state index in [0.29, 0.717) is 23.4 Å². The third-order valence-electron chi connectivity index (χ3n) is 7.97. The predicted octanol–water partition coefficient (Wildman–Crippen LogP) is 3.94. The number of piperidine rings is 1. The van der Waals surface area contributed by atoms with E-state index in [9.17, 15) is 19.2 Å². The average Bonchev–Trinajstić information content (AvgIpc) is 3.18. The second-order valence-corrected chi connectivity index (χ2v) is 11.0. The first kappa shape index (κ1) is 23.0. The molecule has 3 amide bonds. The van der Waals surface area contributed by atoms with E-state index in [4.69, 9.17) is 4.74 Å². The second-order valence-electron chi connectivity index (χ2n) is 9.87. The number of esters is 1. The molecule has 1 aromatic rings. The fourth-order valence-electron chi connectivity index (χ4n) is 5.59. The molecule has 1 saturated carbocycles. The molecule has 1 N–H and O–H groups in total. The van der Waals surface area contributed by atoms with Gasteiger partial charge in [-0.1, -0.05) is 20.8 Å². The highest BCUT2D eigenvalue weighted by molar-refractivity contribution is 7.17. The highest BCUT2D eigenvalue weighted by Gasteiger charge is 2.64. The van der Waals surface area contributed by atoms with Gasteiger partial charge < -0.3 is 10.1 Å². The molecule has 2 fully saturated rings. The van der Waals surface area contributed by atoms with Crippen molar-refractivity contribution in [2.75, 3.05) is 18.5 Å². The molecular weight excluding hydrogens is 428 g/mol. The molecule has 2 bridgehead atoms. The molecule has 4 rings (SSSR count). The van der Waals surface area contributed by atoms with Crippen LogP contribution in [0.25, 0.3) is 0 Å². The van der Waals surface area contributed by atoms with Crippen LogP contribution < -0.4 is 5.32 Å². The van der Waals surface area contributed by atoms with Crippen LogP contribution in [0.1, 0.15) is 80.6 Å². The molecule has 7 nitrogen and oxygen atoms in total. The van der Waals surface area contributed by atoms with Crippen LogP contribution in [0.5, 0.6) is 0 Å². The molecular formula is C24H32N2O5S. The fourth-order valence-corrected chi connectivity index (χ4v) is 6.88. The molecule has 0 spiro atoms. The van der Waals surface area contributed by atoms with Crippen molar-refractivity contribution in [1.29, 1.82) is 0 Å². The van der Waals surface area contributed by atoms with Gasteiger partial charge in [0.05, 0.1) is 17.6 Å². The van der Waals surface area contributed by atoms with Crippen molar-refractivity contribution in [3.63, 3.8) is 0 Å². The van der Waals surface area contributed by atoms with Crippen molar-refractivity contribution in [2.24, 2.45) is 16.7 Å². The van der Waals surface area contributed by atoms with Crippen LogP contribution in [-0.2, 0) is 32.0 Å². The van der Waals surface area contributed by atoms with E-state index in [1.165, 1.54) is 16.2 Å². The number of thiophene rings is 1. The van der Waals surface area contributed by atoms with Crippen LogP contribution in [0.4, 0.5) is 5.00 Å². The van der Waals surface area contributed by atoms with Crippen molar-refractivity contribution in [1.82, 2.24) is 4.90 Å². The molecule has 2 atom stereocenters. The summed E-state index contributed by atoms with van der Waals surface area (Å²) < 4.78 is 5.24. The predicted molar refractivity (Wildman–Crippen MR) is 121 cm³/mol. The Labute approximate surface area is 192 Å². The average molecular weight is 461 g/mol. The maximum atomic E-state index is 13.2. The number of carbonyl (C=O) groups excluding carboxylic acids is 4. The summed E-state index contributed by atoms with van der Waals surface area (Å²) in [4.78, 5) is 53.9. The number of hydrogen-bond donors (Lipinski definition) is 1. The minimum absolute atomic E-state index is 0.00550. The maximum Gasteiger partial charge on any atom is 0.341 e. The fraction of sp³-hybridized carbons (Fsp3) is 0.667.